The number of carbonyl (C=O) groups excluding carboxylic acids is 2. The van der Waals surface area contributed by atoms with E-state index in [4.69, 9.17) is 0 Å². The molecule has 0 spiro atoms. The number of alkyl halides is 2. The summed E-state index contributed by atoms with van der Waals surface area (Å²) in [6.07, 6.45) is 3.36. The Morgan fingerprint density at radius 2 is 1.82 bits per heavy atom. The number of para-hydroxylation sites is 2. The predicted molar refractivity (Wildman–Crippen MR) is 104 cm³/mol. The van der Waals surface area contributed by atoms with E-state index in [1.807, 2.05) is 25.1 Å². The van der Waals surface area contributed by atoms with E-state index in [0.717, 1.165) is 12.0 Å². The predicted octanol–water partition coefficient (Wildman–Crippen LogP) is 3.96. The minimum atomic E-state index is -2.96. The summed E-state index contributed by atoms with van der Waals surface area (Å²) in [5.74, 6) is -0.796. The molecular weight excluding hydrogens is 366 g/mol. The number of anilines is 1. The largest absolute Gasteiger partial charge is 0.434 e. The normalized spacial score (nSPS) is 10.9. The number of nitrogens with one attached hydrogen (secondary N) is 1. The van der Waals surface area contributed by atoms with Gasteiger partial charge in [-0.15, -0.1) is 0 Å². The van der Waals surface area contributed by atoms with Crippen molar-refractivity contribution in [3.05, 3.63) is 65.7 Å². The molecule has 0 bridgehead atoms. The number of benzene rings is 2. The molecule has 5 nitrogen and oxygen atoms in total. The molecule has 0 aliphatic carbocycles. The monoisotopic (exact) mass is 388 g/mol. The fourth-order valence-electron chi connectivity index (χ4n) is 2.54. The third-order valence-electron chi connectivity index (χ3n) is 3.97. The van der Waals surface area contributed by atoms with Crippen molar-refractivity contribution >= 4 is 23.6 Å². The van der Waals surface area contributed by atoms with E-state index >= 15 is 0 Å². The average Bonchev–Trinajstić information content (AvgIpc) is 2.66. The van der Waals surface area contributed by atoms with E-state index in [-0.39, 0.29) is 18.2 Å². The Bertz CT molecular complexity index is 853. The van der Waals surface area contributed by atoms with Gasteiger partial charge in [-0.05, 0) is 30.2 Å². The van der Waals surface area contributed by atoms with Gasteiger partial charge in [0.25, 0.3) is 0 Å². The van der Waals surface area contributed by atoms with Crippen molar-refractivity contribution in [3.8, 4) is 5.75 Å². The number of hydrogen-bond acceptors (Lipinski definition) is 3. The van der Waals surface area contributed by atoms with Gasteiger partial charge in [-0.1, -0.05) is 43.3 Å². The van der Waals surface area contributed by atoms with Gasteiger partial charge in [0.05, 0.1) is 6.54 Å². The molecule has 0 atom stereocenters. The maximum Gasteiger partial charge on any atom is 0.387 e. The first-order valence-corrected chi connectivity index (χ1v) is 8.75. The van der Waals surface area contributed by atoms with Crippen LogP contribution in [0.25, 0.3) is 6.08 Å². The summed E-state index contributed by atoms with van der Waals surface area (Å²) in [5, 5.41) is 2.79. The van der Waals surface area contributed by atoms with Crippen molar-refractivity contribution in [1.82, 2.24) is 4.90 Å². The highest BCUT2D eigenvalue weighted by molar-refractivity contribution is 5.98. The Kier molecular flexibility index (Phi) is 7.68. The number of halogens is 2. The zero-order chi connectivity index (χ0) is 20.5. The standard InChI is InChI=1S/C21H22F2N2O3/c1-3-15-8-4-6-10-17(15)24-19(26)14-25(2)20(27)13-12-16-9-5-7-11-18(16)28-21(22)23/h4-13,21H,3,14H2,1-2H3,(H,24,26)/b13-12+. The molecule has 1 N–H and O–H groups in total. The number of likely N-dealkylation sites (N-methyl/N-ethyl adjacent to an activating group) is 1. The van der Waals surface area contributed by atoms with E-state index in [1.54, 1.807) is 24.3 Å². The van der Waals surface area contributed by atoms with Crippen molar-refractivity contribution in [1.29, 1.82) is 0 Å². The van der Waals surface area contributed by atoms with Crippen LogP contribution in [0.5, 0.6) is 5.75 Å². The van der Waals surface area contributed by atoms with Gasteiger partial charge >= 0.3 is 6.61 Å². The summed E-state index contributed by atoms with van der Waals surface area (Å²) in [5.41, 5.74) is 2.05. The number of ether oxygens (including phenoxy) is 1. The highest BCUT2D eigenvalue weighted by atomic mass is 19.3. The van der Waals surface area contributed by atoms with Crippen LogP contribution in [0.3, 0.4) is 0 Å². The zero-order valence-corrected chi connectivity index (χ0v) is 15.7. The van der Waals surface area contributed by atoms with Crippen LogP contribution in [0.15, 0.2) is 54.6 Å². The second-order valence-corrected chi connectivity index (χ2v) is 6.00. The summed E-state index contributed by atoms with van der Waals surface area (Å²) in [6.45, 7) is -1.11. The lowest BCUT2D eigenvalue weighted by Crippen LogP contribution is -2.34. The van der Waals surface area contributed by atoms with Crippen LogP contribution in [0.2, 0.25) is 0 Å². The van der Waals surface area contributed by atoms with Crippen molar-refractivity contribution in [2.75, 3.05) is 18.9 Å². The molecular formula is C21H22F2N2O3. The van der Waals surface area contributed by atoms with E-state index in [2.05, 4.69) is 10.1 Å². The highest BCUT2D eigenvalue weighted by Crippen LogP contribution is 2.21. The lowest BCUT2D eigenvalue weighted by Gasteiger charge is -2.16. The van der Waals surface area contributed by atoms with Gasteiger partial charge in [-0.3, -0.25) is 9.59 Å². The third-order valence-corrected chi connectivity index (χ3v) is 3.97. The molecule has 28 heavy (non-hydrogen) atoms. The van der Waals surface area contributed by atoms with Crippen LogP contribution < -0.4 is 10.1 Å². The Balaban J connectivity index is 1.97. The summed E-state index contributed by atoms with van der Waals surface area (Å²) < 4.78 is 29.3. The van der Waals surface area contributed by atoms with Crippen LogP contribution in [0.4, 0.5) is 14.5 Å². The van der Waals surface area contributed by atoms with Crippen molar-refractivity contribution < 1.29 is 23.1 Å². The molecule has 2 aromatic rings. The van der Waals surface area contributed by atoms with Gasteiger partial charge in [0.1, 0.15) is 5.75 Å². The average molecular weight is 388 g/mol. The summed E-state index contributed by atoms with van der Waals surface area (Å²) in [7, 11) is 1.49. The van der Waals surface area contributed by atoms with E-state index in [0.29, 0.717) is 11.3 Å². The third kappa shape index (κ3) is 6.19. The summed E-state index contributed by atoms with van der Waals surface area (Å²) in [6, 6.07) is 13.6. The minimum Gasteiger partial charge on any atom is -0.434 e. The molecule has 2 aromatic carbocycles. The first-order valence-electron chi connectivity index (χ1n) is 8.75. The maximum atomic E-state index is 12.4. The van der Waals surface area contributed by atoms with E-state index < -0.39 is 12.5 Å². The molecule has 2 rings (SSSR count). The minimum absolute atomic E-state index is 0.0295. The van der Waals surface area contributed by atoms with Crippen LogP contribution in [-0.2, 0) is 16.0 Å². The molecule has 0 heterocycles. The number of nitrogens with zero attached hydrogens (tertiary/aromatic N) is 1. The van der Waals surface area contributed by atoms with Gasteiger partial charge in [0.2, 0.25) is 11.8 Å². The number of hydrogen-bond donors (Lipinski definition) is 1. The van der Waals surface area contributed by atoms with E-state index in [1.165, 1.54) is 30.2 Å². The lowest BCUT2D eigenvalue weighted by atomic mass is 10.1. The Morgan fingerprint density at radius 1 is 1.14 bits per heavy atom. The molecule has 0 aliphatic heterocycles. The molecule has 0 aromatic heterocycles. The van der Waals surface area contributed by atoms with Gasteiger partial charge in [0, 0.05) is 24.4 Å². The second-order valence-electron chi connectivity index (χ2n) is 6.00. The SMILES string of the molecule is CCc1ccccc1NC(=O)CN(C)C(=O)/C=C/c1ccccc1OC(F)F. The molecule has 0 unspecified atom stereocenters. The smallest absolute Gasteiger partial charge is 0.387 e. The molecule has 2 amide bonds. The second kappa shape index (κ2) is 10.2. The van der Waals surface area contributed by atoms with Crippen LogP contribution in [0, 0.1) is 0 Å². The number of rotatable bonds is 8. The first-order chi connectivity index (χ1) is 13.4. The Labute approximate surface area is 162 Å². The quantitative estimate of drug-likeness (QED) is 0.697. The molecule has 148 valence electrons. The zero-order valence-electron chi connectivity index (χ0n) is 15.7. The van der Waals surface area contributed by atoms with E-state index in [9.17, 15) is 18.4 Å². The van der Waals surface area contributed by atoms with Gasteiger partial charge < -0.3 is 15.0 Å². The van der Waals surface area contributed by atoms with Crippen molar-refractivity contribution in [2.45, 2.75) is 20.0 Å². The number of aryl methyl sites for hydroxylation is 1. The van der Waals surface area contributed by atoms with Gasteiger partial charge in [0.15, 0.2) is 0 Å². The number of carbonyl (C=O) groups is 2. The topological polar surface area (TPSA) is 58.6 Å². The van der Waals surface area contributed by atoms with Crippen LogP contribution in [-0.4, -0.2) is 36.9 Å². The molecule has 0 saturated heterocycles. The summed E-state index contributed by atoms with van der Waals surface area (Å²) >= 11 is 0. The fraction of sp³-hybridized carbons (Fsp3) is 0.238. The molecule has 7 heteroatoms. The molecule has 0 aliphatic rings. The van der Waals surface area contributed by atoms with Gasteiger partial charge in [-0.25, -0.2) is 0 Å². The number of amides is 2. The molecule has 0 radical (unpaired) electrons. The highest BCUT2D eigenvalue weighted by Gasteiger charge is 2.13. The maximum absolute atomic E-state index is 12.4. The lowest BCUT2D eigenvalue weighted by molar-refractivity contribution is -0.129. The van der Waals surface area contributed by atoms with Crippen molar-refractivity contribution in [3.63, 3.8) is 0 Å². The molecule has 0 saturated carbocycles. The van der Waals surface area contributed by atoms with Crippen molar-refractivity contribution in [2.24, 2.45) is 0 Å². The van der Waals surface area contributed by atoms with Crippen LogP contribution >= 0.6 is 0 Å². The Hall–Kier alpha value is -3.22. The fourth-order valence-corrected chi connectivity index (χ4v) is 2.54. The first kappa shape index (κ1) is 21.1. The van der Waals surface area contributed by atoms with Gasteiger partial charge in [-0.2, -0.15) is 8.78 Å². The van der Waals surface area contributed by atoms with Crippen LogP contribution in [0.1, 0.15) is 18.1 Å². The summed E-state index contributed by atoms with van der Waals surface area (Å²) in [4.78, 5) is 25.7. The molecule has 0 fully saturated rings. The Morgan fingerprint density at radius 3 is 2.54 bits per heavy atom.